The van der Waals surface area contributed by atoms with Gasteiger partial charge in [-0.25, -0.2) is 9.67 Å². The number of nitrogens with zero attached hydrogens (tertiary/aromatic N) is 4. The Morgan fingerprint density at radius 1 is 1.45 bits per heavy atom. The van der Waals surface area contributed by atoms with E-state index in [1.807, 2.05) is 23.0 Å². The standard InChI is InChI=1S/C14H19N5O/c1-20-14-12(3-2-6-16-14)9-19-10-13(17-18-19)8-15-7-11-4-5-11/h2-3,6,10-11,15H,4-5,7-9H2,1H3. The van der Waals surface area contributed by atoms with Crippen molar-refractivity contribution in [1.82, 2.24) is 25.3 Å². The molecule has 0 atom stereocenters. The van der Waals surface area contributed by atoms with Crippen molar-refractivity contribution in [3.63, 3.8) is 0 Å². The molecule has 0 aliphatic heterocycles. The van der Waals surface area contributed by atoms with Gasteiger partial charge in [-0.3, -0.25) is 0 Å². The maximum absolute atomic E-state index is 5.24. The molecule has 0 spiro atoms. The molecule has 6 heteroatoms. The van der Waals surface area contributed by atoms with Crippen LogP contribution in [0.4, 0.5) is 0 Å². The van der Waals surface area contributed by atoms with Crippen LogP contribution in [0.25, 0.3) is 0 Å². The van der Waals surface area contributed by atoms with Crippen LogP contribution in [-0.2, 0) is 13.1 Å². The van der Waals surface area contributed by atoms with E-state index in [-0.39, 0.29) is 0 Å². The van der Waals surface area contributed by atoms with E-state index in [1.54, 1.807) is 13.3 Å². The lowest BCUT2D eigenvalue weighted by Gasteiger charge is -2.05. The van der Waals surface area contributed by atoms with E-state index in [9.17, 15) is 0 Å². The van der Waals surface area contributed by atoms with Crippen LogP contribution >= 0.6 is 0 Å². The van der Waals surface area contributed by atoms with Gasteiger partial charge in [0.05, 0.1) is 25.5 Å². The second-order valence-corrected chi connectivity index (χ2v) is 5.15. The molecule has 1 aliphatic rings. The smallest absolute Gasteiger partial charge is 0.218 e. The van der Waals surface area contributed by atoms with Gasteiger partial charge in [-0.1, -0.05) is 11.3 Å². The van der Waals surface area contributed by atoms with Gasteiger partial charge in [0, 0.05) is 18.3 Å². The molecule has 6 nitrogen and oxygen atoms in total. The van der Waals surface area contributed by atoms with Crippen molar-refractivity contribution in [2.75, 3.05) is 13.7 Å². The molecule has 20 heavy (non-hydrogen) atoms. The molecule has 0 unspecified atom stereocenters. The molecule has 2 heterocycles. The van der Waals surface area contributed by atoms with E-state index in [2.05, 4.69) is 20.6 Å². The zero-order chi connectivity index (χ0) is 13.8. The number of aromatic nitrogens is 4. The predicted molar refractivity (Wildman–Crippen MR) is 74.3 cm³/mol. The molecule has 0 saturated heterocycles. The minimum Gasteiger partial charge on any atom is -0.481 e. The molecule has 106 valence electrons. The molecule has 1 N–H and O–H groups in total. The summed E-state index contributed by atoms with van der Waals surface area (Å²) in [4.78, 5) is 4.18. The molecule has 2 aromatic heterocycles. The lowest BCUT2D eigenvalue weighted by atomic mass is 10.2. The summed E-state index contributed by atoms with van der Waals surface area (Å²) in [6.45, 7) is 2.48. The molecule has 0 amide bonds. The van der Waals surface area contributed by atoms with Crippen LogP contribution in [0.1, 0.15) is 24.1 Å². The monoisotopic (exact) mass is 273 g/mol. The highest BCUT2D eigenvalue weighted by molar-refractivity contribution is 5.25. The minimum atomic E-state index is 0.618. The van der Waals surface area contributed by atoms with Gasteiger partial charge in [0.15, 0.2) is 0 Å². The number of hydrogen-bond donors (Lipinski definition) is 1. The van der Waals surface area contributed by atoms with Crippen LogP contribution in [0.3, 0.4) is 0 Å². The molecular weight excluding hydrogens is 254 g/mol. The Labute approximate surface area is 118 Å². The first-order valence-corrected chi connectivity index (χ1v) is 6.93. The van der Waals surface area contributed by atoms with Crippen LogP contribution in [-0.4, -0.2) is 33.6 Å². The topological polar surface area (TPSA) is 64.9 Å². The molecule has 0 aromatic carbocycles. The lowest BCUT2D eigenvalue weighted by molar-refractivity contribution is 0.390. The Kier molecular flexibility index (Phi) is 3.92. The summed E-state index contributed by atoms with van der Waals surface area (Å²) in [5, 5.41) is 11.7. The summed E-state index contributed by atoms with van der Waals surface area (Å²) in [5.41, 5.74) is 1.96. The van der Waals surface area contributed by atoms with E-state index in [1.165, 1.54) is 12.8 Å². The van der Waals surface area contributed by atoms with Gasteiger partial charge in [0.1, 0.15) is 0 Å². The summed E-state index contributed by atoms with van der Waals surface area (Å²) < 4.78 is 7.05. The van der Waals surface area contributed by atoms with Gasteiger partial charge in [0.2, 0.25) is 5.88 Å². The molecule has 2 aromatic rings. The Hall–Kier alpha value is -1.95. The Bertz CT molecular complexity index is 564. The fourth-order valence-corrected chi connectivity index (χ4v) is 2.13. The molecule has 0 radical (unpaired) electrons. The fraction of sp³-hybridized carbons (Fsp3) is 0.500. The average Bonchev–Trinajstić information content (AvgIpc) is 3.19. The van der Waals surface area contributed by atoms with Gasteiger partial charge in [0.25, 0.3) is 0 Å². The van der Waals surface area contributed by atoms with Gasteiger partial charge in [-0.05, 0) is 31.4 Å². The third kappa shape index (κ3) is 3.33. The third-order valence-corrected chi connectivity index (χ3v) is 3.40. The van der Waals surface area contributed by atoms with Crippen molar-refractivity contribution >= 4 is 0 Å². The first kappa shape index (κ1) is 13.1. The van der Waals surface area contributed by atoms with Crippen LogP contribution in [0.2, 0.25) is 0 Å². The molecule has 3 rings (SSSR count). The lowest BCUT2D eigenvalue weighted by Crippen LogP contribution is -2.16. The van der Waals surface area contributed by atoms with E-state index in [4.69, 9.17) is 4.74 Å². The zero-order valence-corrected chi connectivity index (χ0v) is 11.6. The van der Waals surface area contributed by atoms with E-state index >= 15 is 0 Å². The summed E-state index contributed by atoms with van der Waals surface area (Å²) >= 11 is 0. The summed E-state index contributed by atoms with van der Waals surface area (Å²) in [5.74, 6) is 1.51. The van der Waals surface area contributed by atoms with Crippen molar-refractivity contribution in [2.45, 2.75) is 25.9 Å². The Balaban J connectivity index is 1.58. The van der Waals surface area contributed by atoms with Gasteiger partial charge < -0.3 is 10.1 Å². The number of pyridine rings is 1. The average molecular weight is 273 g/mol. The highest BCUT2D eigenvalue weighted by Crippen LogP contribution is 2.27. The molecule has 1 aliphatic carbocycles. The van der Waals surface area contributed by atoms with Gasteiger partial charge >= 0.3 is 0 Å². The highest BCUT2D eigenvalue weighted by Gasteiger charge is 2.20. The maximum Gasteiger partial charge on any atom is 0.218 e. The van der Waals surface area contributed by atoms with Crippen LogP contribution in [0.5, 0.6) is 5.88 Å². The quantitative estimate of drug-likeness (QED) is 0.822. The highest BCUT2D eigenvalue weighted by atomic mass is 16.5. The first-order valence-electron chi connectivity index (χ1n) is 6.93. The van der Waals surface area contributed by atoms with E-state index in [0.29, 0.717) is 12.4 Å². The summed E-state index contributed by atoms with van der Waals surface area (Å²) in [6.07, 6.45) is 6.41. The van der Waals surface area contributed by atoms with Crippen molar-refractivity contribution < 1.29 is 4.74 Å². The Morgan fingerprint density at radius 2 is 2.35 bits per heavy atom. The normalized spacial score (nSPS) is 14.4. The fourth-order valence-electron chi connectivity index (χ4n) is 2.13. The van der Waals surface area contributed by atoms with E-state index in [0.717, 1.165) is 30.3 Å². The van der Waals surface area contributed by atoms with Crippen LogP contribution in [0, 0.1) is 5.92 Å². The van der Waals surface area contributed by atoms with Gasteiger partial charge in [-0.15, -0.1) is 5.10 Å². The summed E-state index contributed by atoms with van der Waals surface area (Å²) in [6, 6.07) is 3.88. The number of nitrogens with one attached hydrogen (secondary N) is 1. The second kappa shape index (κ2) is 6.00. The molecule has 1 fully saturated rings. The zero-order valence-electron chi connectivity index (χ0n) is 11.6. The SMILES string of the molecule is COc1ncccc1Cn1cc(CNCC2CC2)nn1. The molecule has 1 saturated carbocycles. The maximum atomic E-state index is 5.24. The summed E-state index contributed by atoms with van der Waals surface area (Å²) in [7, 11) is 1.63. The predicted octanol–water partition coefficient (Wildman–Crippen LogP) is 1.23. The molecular formula is C14H19N5O. The number of rotatable bonds is 7. The largest absolute Gasteiger partial charge is 0.481 e. The van der Waals surface area contributed by atoms with Crippen molar-refractivity contribution in [3.05, 3.63) is 35.8 Å². The molecule has 0 bridgehead atoms. The van der Waals surface area contributed by atoms with Crippen molar-refractivity contribution in [3.8, 4) is 5.88 Å². The number of hydrogen-bond acceptors (Lipinski definition) is 5. The third-order valence-electron chi connectivity index (χ3n) is 3.40. The van der Waals surface area contributed by atoms with E-state index < -0.39 is 0 Å². The van der Waals surface area contributed by atoms with Crippen LogP contribution in [0.15, 0.2) is 24.5 Å². The van der Waals surface area contributed by atoms with Crippen LogP contribution < -0.4 is 10.1 Å². The number of ether oxygens (including phenoxy) is 1. The first-order chi connectivity index (χ1) is 9.85. The second-order valence-electron chi connectivity index (χ2n) is 5.15. The minimum absolute atomic E-state index is 0.618. The van der Waals surface area contributed by atoms with Crippen molar-refractivity contribution in [1.29, 1.82) is 0 Å². The van der Waals surface area contributed by atoms with Crippen molar-refractivity contribution in [2.24, 2.45) is 5.92 Å². The number of methoxy groups -OCH3 is 1. The van der Waals surface area contributed by atoms with Gasteiger partial charge in [-0.2, -0.15) is 0 Å². The Morgan fingerprint density at radius 3 is 3.15 bits per heavy atom.